The zero-order valence-electron chi connectivity index (χ0n) is 14.5. The summed E-state index contributed by atoms with van der Waals surface area (Å²) in [6.45, 7) is 3.57. The summed E-state index contributed by atoms with van der Waals surface area (Å²) in [5.41, 5.74) is 0.384. The van der Waals surface area contributed by atoms with Crippen LogP contribution in [-0.2, 0) is 21.3 Å². The lowest BCUT2D eigenvalue weighted by Gasteiger charge is -2.13. The van der Waals surface area contributed by atoms with Gasteiger partial charge in [-0.3, -0.25) is 9.36 Å². The number of thioether (sulfide) groups is 1. The molecule has 0 amide bonds. The van der Waals surface area contributed by atoms with Crippen LogP contribution in [0.25, 0.3) is 10.9 Å². The van der Waals surface area contributed by atoms with E-state index in [1.165, 1.54) is 11.8 Å². The first-order valence-electron chi connectivity index (χ1n) is 8.23. The summed E-state index contributed by atoms with van der Waals surface area (Å²) in [5.74, 6) is 0.383. The highest BCUT2D eigenvalue weighted by molar-refractivity contribution is 7.99. The van der Waals surface area contributed by atoms with E-state index in [9.17, 15) is 13.2 Å². The number of benzene rings is 1. The van der Waals surface area contributed by atoms with Gasteiger partial charge in [0.05, 0.1) is 16.7 Å². The van der Waals surface area contributed by atoms with Gasteiger partial charge in [0.1, 0.15) is 0 Å². The molecule has 0 saturated carbocycles. The van der Waals surface area contributed by atoms with Crippen molar-refractivity contribution in [3.8, 4) is 0 Å². The maximum Gasteiger partial charge on any atom is 0.262 e. The topological polar surface area (TPSA) is 104 Å². The van der Waals surface area contributed by atoms with Crippen molar-refractivity contribution in [2.75, 3.05) is 24.7 Å². The zero-order chi connectivity index (χ0) is 19.2. The Morgan fingerprint density at radius 2 is 2.12 bits per heavy atom. The van der Waals surface area contributed by atoms with Gasteiger partial charge >= 0.3 is 0 Å². The van der Waals surface area contributed by atoms with E-state index in [1.54, 1.807) is 22.8 Å². The van der Waals surface area contributed by atoms with Crippen LogP contribution in [0, 0.1) is 0 Å². The van der Waals surface area contributed by atoms with Gasteiger partial charge in [0.25, 0.3) is 5.56 Å². The number of ether oxygens (including phenoxy) is 1. The predicted molar refractivity (Wildman–Crippen MR) is 105 cm³/mol. The fourth-order valence-electron chi connectivity index (χ4n) is 2.37. The summed E-state index contributed by atoms with van der Waals surface area (Å²) < 4.78 is 29.0. The summed E-state index contributed by atoms with van der Waals surface area (Å²) in [5, 5.41) is 6.56. The van der Waals surface area contributed by atoms with Crippen LogP contribution < -0.4 is 10.7 Å². The van der Waals surface area contributed by atoms with Gasteiger partial charge in [-0.05, 0) is 38.0 Å². The van der Waals surface area contributed by atoms with Gasteiger partial charge in [-0.25, -0.2) is 18.5 Å². The largest absolute Gasteiger partial charge is 0.382 e. The van der Waals surface area contributed by atoms with E-state index in [4.69, 9.17) is 21.5 Å². The molecule has 0 aliphatic rings. The second-order valence-electron chi connectivity index (χ2n) is 5.63. The van der Waals surface area contributed by atoms with Crippen molar-refractivity contribution in [1.29, 1.82) is 0 Å². The van der Waals surface area contributed by atoms with Gasteiger partial charge in [0.15, 0.2) is 5.16 Å². The molecule has 0 aliphatic carbocycles. The van der Waals surface area contributed by atoms with Crippen molar-refractivity contribution in [2.24, 2.45) is 5.14 Å². The van der Waals surface area contributed by atoms with Crippen LogP contribution >= 0.6 is 23.4 Å². The Balaban J connectivity index is 2.26. The number of nitrogens with two attached hydrogens (primary N) is 1. The summed E-state index contributed by atoms with van der Waals surface area (Å²) in [4.78, 5) is 17.4. The van der Waals surface area contributed by atoms with Crippen molar-refractivity contribution in [3.63, 3.8) is 0 Å². The SMILES string of the molecule is CCOCCCn1c(SCCCS(N)(=O)=O)nc2cc(Cl)ccc2c1=O. The normalized spacial score (nSPS) is 12.0. The third kappa shape index (κ3) is 6.24. The molecule has 0 radical (unpaired) electrons. The molecular weight excluding hydrogens is 398 g/mol. The van der Waals surface area contributed by atoms with E-state index < -0.39 is 10.0 Å². The Bertz CT molecular complexity index is 916. The van der Waals surface area contributed by atoms with Crippen molar-refractivity contribution >= 4 is 44.3 Å². The molecule has 10 heteroatoms. The fourth-order valence-corrected chi connectivity index (χ4v) is 4.23. The standard InChI is InChI=1S/C16H22ClN3O4S2/c1-2-24-8-3-7-20-15(21)13-6-5-12(17)11-14(13)19-16(20)25-9-4-10-26(18,22)23/h5-6,11H,2-4,7-10H2,1H3,(H2,18,22,23). The van der Waals surface area contributed by atoms with E-state index >= 15 is 0 Å². The van der Waals surface area contributed by atoms with Crippen LogP contribution in [0.4, 0.5) is 0 Å². The molecular formula is C16H22ClN3O4S2. The maximum absolute atomic E-state index is 12.8. The highest BCUT2D eigenvalue weighted by Crippen LogP contribution is 2.21. The average Bonchev–Trinajstić information content (AvgIpc) is 2.56. The molecule has 0 atom stereocenters. The highest BCUT2D eigenvalue weighted by Gasteiger charge is 2.12. The molecule has 2 aromatic rings. The van der Waals surface area contributed by atoms with Crippen LogP contribution in [0.15, 0.2) is 28.2 Å². The first-order chi connectivity index (χ1) is 12.3. The Morgan fingerprint density at radius 3 is 2.81 bits per heavy atom. The van der Waals surface area contributed by atoms with E-state index in [0.717, 1.165) is 0 Å². The number of primary sulfonamides is 1. The Labute approximate surface area is 161 Å². The van der Waals surface area contributed by atoms with E-state index in [-0.39, 0.29) is 11.3 Å². The van der Waals surface area contributed by atoms with Gasteiger partial charge in [-0.1, -0.05) is 23.4 Å². The molecule has 1 heterocycles. The smallest absolute Gasteiger partial charge is 0.262 e. The van der Waals surface area contributed by atoms with Gasteiger partial charge < -0.3 is 4.74 Å². The van der Waals surface area contributed by atoms with Crippen molar-refractivity contribution in [1.82, 2.24) is 9.55 Å². The molecule has 2 N–H and O–H groups in total. The summed E-state index contributed by atoms with van der Waals surface area (Å²) >= 11 is 7.34. The third-order valence-electron chi connectivity index (χ3n) is 3.56. The minimum atomic E-state index is -3.49. The first kappa shape index (κ1) is 21.2. The Kier molecular flexibility index (Phi) is 7.90. The molecule has 0 saturated heterocycles. The molecule has 0 spiro atoms. The monoisotopic (exact) mass is 419 g/mol. The number of aromatic nitrogens is 2. The van der Waals surface area contributed by atoms with E-state index in [2.05, 4.69) is 4.98 Å². The lowest BCUT2D eigenvalue weighted by Crippen LogP contribution is -2.24. The zero-order valence-corrected chi connectivity index (χ0v) is 16.9. The number of halogens is 1. The van der Waals surface area contributed by atoms with Crippen molar-refractivity contribution in [2.45, 2.75) is 31.5 Å². The number of rotatable bonds is 10. The molecule has 2 rings (SSSR count). The van der Waals surface area contributed by atoms with Gasteiger partial charge in [-0.15, -0.1) is 0 Å². The average molecular weight is 420 g/mol. The second kappa shape index (κ2) is 9.70. The molecule has 1 aromatic carbocycles. The number of hydrogen-bond donors (Lipinski definition) is 1. The molecule has 144 valence electrons. The lowest BCUT2D eigenvalue weighted by atomic mass is 10.2. The molecule has 0 aliphatic heterocycles. The number of sulfonamides is 1. The molecule has 7 nitrogen and oxygen atoms in total. The first-order valence-corrected chi connectivity index (χ1v) is 11.3. The number of fused-ring (bicyclic) bond motifs is 1. The quantitative estimate of drug-likeness (QED) is 0.359. The summed E-state index contributed by atoms with van der Waals surface area (Å²) in [6.07, 6.45) is 1.06. The summed E-state index contributed by atoms with van der Waals surface area (Å²) in [7, 11) is -3.49. The summed E-state index contributed by atoms with van der Waals surface area (Å²) in [6, 6.07) is 4.98. The van der Waals surface area contributed by atoms with E-state index in [0.29, 0.717) is 59.4 Å². The minimum Gasteiger partial charge on any atom is -0.382 e. The van der Waals surface area contributed by atoms with Crippen LogP contribution in [-0.4, -0.2) is 42.7 Å². The molecule has 26 heavy (non-hydrogen) atoms. The van der Waals surface area contributed by atoms with Gasteiger partial charge in [0, 0.05) is 30.5 Å². The van der Waals surface area contributed by atoms with Crippen LogP contribution in [0.1, 0.15) is 19.8 Å². The van der Waals surface area contributed by atoms with Crippen LogP contribution in [0.2, 0.25) is 5.02 Å². The predicted octanol–water partition coefficient (Wildman–Crippen LogP) is 2.25. The van der Waals surface area contributed by atoms with Gasteiger partial charge in [0.2, 0.25) is 10.0 Å². The lowest BCUT2D eigenvalue weighted by molar-refractivity contribution is 0.140. The highest BCUT2D eigenvalue weighted by atomic mass is 35.5. The number of nitrogens with zero attached hydrogens (tertiary/aromatic N) is 2. The Hall–Kier alpha value is -1.13. The van der Waals surface area contributed by atoms with Gasteiger partial charge in [-0.2, -0.15) is 0 Å². The Morgan fingerprint density at radius 1 is 1.35 bits per heavy atom. The molecule has 0 fully saturated rings. The minimum absolute atomic E-state index is 0.103. The number of hydrogen-bond acceptors (Lipinski definition) is 6. The fraction of sp³-hybridized carbons (Fsp3) is 0.500. The second-order valence-corrected chi connectivity index (χ2v) is 8.86. The maximum atomic E-state index is 12.8. The van der Waals surface area contributed by atoms with E-state index in [1.807, 2.05) is 6.92 Å². The van der Waals surface area contributed by atoms with Crippen LogP contribution in [0.3, 0.4) is 0 Å². The molecule has 1 aromatic heterocycles. The van der Waals surface area contributed by atoms with Crippen molar-refractivity contribution in [3.05, 3.63) is 33.6 Å². The van der Waals surface area contributed by atoms with Crippen molar-refractivity contribution < 1.29 is 13.2 Å². The van der Waals surface area contributed by atoms with Crippen LogP contribution in [0.5, 0.6) is 0 Å². The molecule has 0 bridgehead atoms. The third-order valence-corrected chi connectivity index (χ3v) is 5.72. The molecule has 0 unspecified atom stereocenters.